The first-order chi connectivity index (χ1) is 13.2. The zero-order chi connectivity index (χ0) is 19.1. The van der Waals surface area contributed by atoms with Crippen molar-refractivity contribution in [1.82, 2.24) is 25.8 Å². The monoisotopic (exact) mass is 498 g/mol. The Morgan fingerprint density at radius 3 is 2.75 bits per heavy atom. The predicted octanol–water partition coefficient (Wildman–Crippen LogP) is 3.28. The van der Waals surface area contributed by atoms with Gasteiger partial charge in [0.25, 0.3) is 0 Å². The predicted molar refractivity (Wildman–Crippen MR) is 115 cm³/mol. The van der Waals surface area contributed by atoms with Gasteiger partial charge in [-0.05, 0) is 41.8 Å². The molecular formula is C19H21F2IN6. The van der Waals surface area contributed by atoms with E-state index in [1.165, 1.54) is 12.4 Å². The quantitative estimate of drug-likeness (QED) is 0.277. The van der Waals surface area contributed by atoms with Gasteiger partial charge in [0.05, 0.1) is 0 Å². The van der Waals surface area contributed by atoms with Crippen LogP contribution in [0.4, 0.5) is 8.78 Å². The molecule has 2 aromatic carbocycles. The lowest BCUT2D eigenvalue weighted by molar-refractivity contribution is 0.583. The minimum Gasteiger partial charge on any atom is -0.356 e. The smallest absolute Gasteiger partial charge is 0.191 e. The summed E-state index contributed by atoms with van der Waals surface area (Å²) in [6, 6.07) is 11.3. The Kier molecular flexibility index (Phi) is 8.30. The van der Waals surface area contributed by atoms with E-state index in [9.17, 15) is 8.78 Å². The number of H-pyrrole nitrogens is 1. The van der Waals surface area contributed by atoms with Gasteiger partial charge in [-0.15, -0.1) is 24.0 Å². The van der Waals surface area contributed by atoms with Gasteiger partial charge in [-0.3, -0.25) is 10.1 Å². The third-order valence-electron chi connectivity index (χ3n) is 3.99. The summed E-state index contributed by atoms with van der Waals surface area (Å²) in [5.41, 5.74) is 2.32. The Hall–Kier alpha value is -2.56. The minimum atomic E-state index is -0.444. The molecule has 0 unspecified atom stereocenters. The van der Waals surface area contributed by atoms with Crippen LogP contribution in [0, 0.1) is 11.6 Å². The molecule has 3 N–H and O–H groups in total. The van der Waals surface area contributed by atoms with Gasteiger partial charge in [-0.2, -0.15) is 5.10 Å². The van der Waals surface area contributed by atoms with Gasteiger partial charge in [0.1, 0.15) is 18.0 Å². The van der Waals surface area contributed by atoms with Crippen LogP contribution in [0.1, 0.15) is 11.1 Å². The van der Waals surface area contributed by atoms with Crippen molar-refractivity contribution in [2.24, 2.45) is 4.99 Å². The summed E-state index contributed by atoms with van der Waals surface area (Å²) in [7, 11) is 1.66. The van der Waals surface area contributed by atoms with Crippen molar-refractivity contribution in [3.63, 3.8) is 0 Å². The van der Waals surface area contributed by atoms with E-state index >= 15 is 0 Å². The molecule has 0 saturated heterocycles. The minimum absolute atomic E-state index is 0. The van der Waals surface area contributed by atoms with E-state index in [4.69, 9.17) is 0 Å². The van der Waals surface area contributed by atoms with Crippen LogP contribution < -0.4 is 10.6 Å². The first kappa shape index (κ1) is 21.7. The second kappa shape index (κ2) is 10.7. The largest absolute Gasteiger partial charge is 0.356 e. The van der Waals surface area contributed by atoms with Crippen LogP contribution in [0.2, 0.25) is 0 Å². The van der Waals surface area contributed by atoms with Crippen LogP contribution >= 0.6 is 24.0 Å². The standard InChI is InChI=1S/C19H20F2N6.HI/c1-22-19(23-8-7-14-10-16(20)5-6-17(14)21)24-11-13-3-2-4-15(9-13)18-25-12-26-27-18;/h2-6,9-10,12H,7-8,11H2,1H3,(H2,22,23,24)(H,25,26,27);1H. The van der Waals surface area contributed by atoms with E-state index in [0.29, 0.717) is 36.9 Å². The van der Waals surface area contributed by atoms with Crippen LogP contribution in [0.25, 0.3) is 11.4 Å². The summed E-state index contributed by atoms with van der Waals surface area (Å²) in [5, 5.41) is 13.0. The molecular weight excluding hydrogens is 477 g/mol. The van der Waals surface area contributed by atoms with Gasteiger partial charge in [0, 0.05) is 25.7 Å². The van der Waals surface area contributed by atoms with Gasteiger partial charge >= 0.3 is 0 Å². The lowest BCUT2D eigenvalue weighted by Gasteiger charge is -2.12. The van der Waals surface area contributed by atoms with Crippen molar-refractivity contribution >= 4 is 29.9 Å². The Morgan fingerprint density at radius 2 is 2.00 bits per heavy atom. The highest BCUT2D eigenvalue weighted by Gasteiger charge is 2.06. The molecule has 1 heterocycles. The van der Waals surface area contributed by atoms with Crippen LogP contribution in [-0.2, 0) is 13.0 Å². The Bertz CT molecular complexity index is 915. The van der Waals surface area contributed by atoms with E-state index in [2.05, 4.69) is 30.8 Å². The highest BCUT2D eigenvalue weighted by atomic mass is 127. The molecule has 0 aliphatic rings. The number of nitrogens with zero attached hydrogens (tertiary/aromatic N) is 3. The second-order valence-corrected chi connectivity index (χ2v) is 5.87. The molecule has 0 radical (unpaired) electrons. The van der Waals surface area contributed by atoms with Crippen LogP contribution in [-0.4, -0.2) is 34.7 Å². The van der Waals surface area contributed by atoms with Gasteiger partial charge < -0.3 is 10.6 Å². The van der Waals surface area contributed by atoms with Gasteiger partial charge in [-0.1, -0.05) is 18.2 Å². The average molecular weight is 498 g/mol. The summed E-state index contributed by atoms with van der Waals surface area (Å²) in [6.45, 7) is 0.980. The van der Waals surface area contributed by atoms with E-state index < -0.39 is 11.6 Å². The molecule has 1 aromatic heterocycles. The molecule has 0 atom stereocenters. The van der Waals surface area contributed by atoms with Crippen molar-refractivity contribution in [1.29, 1.82) is 0 Å². The molecule has 0 bridgehead atoms. The molecule has 3 rings (SSSR count). The Labute approximate surface area is 178 Å². The fourth-order valence-electron chi connectivity index (χ4n) is 2.63. The fraction of sp³-hybridized carbons (Fsp3) is 0.211. The van der Waals surface area contributed by atoms with Gasteiger partial charge in [0.2, 0.25) is 0 Å². The summed E-state index contributed by atoms with van der Waals surface area (Å²) in [6.07, 6.45) is 1.82. The average Bonchev–Trinajstić information content (AvgIpc) is 3.22. The summed E-state index contributed by atoms with van der Waals surface area (Å²) < 4.78 is 26.9. The van der Waals surface area contributed by atoms with E-state index in [-0.39, 0.29) is 24.0 Å². The third kappa shape index (κ3) is 5.98. The van der Waals surface area contributed by atoms with Crippen molar-refractivity contribution in [2.75, 3.05) is 13.6 Å². The summed E-state index contributed by atoms with van der Waals surface area (Å²) in [5.74, 6) is 0.430. The number of aliphatic imine (C=N–C) groups is 1. The highest BCUT2D eigenvalue weighted by Crippen LogP contribution is 2.15. The molecule has 9 heteroatoms. The van der Waals surface area contributed by atoms with Gasteiger partial charge in [0.15, 0.2) is 11.8 Å². The highest BCUT2D eigenvalue weighted by molar-refractivity contribution is 14.0. The first-order valence-electron chi connectivity index (χ1n) is 8.49. The molecule has 3 aromatic rings. The maximum Gasteiger partial charge on any atom is 0.191 e. The number of hydrogen-bond acceptors (Lipinski definition) is 3. The molecule has 6 nitrogen and oxygen atoms in total. The Balaban J connectivity index is 0.00000280. The number of rotatable bonds is 6. The molecule has 28 heavy (non-hydrogen) atoms. The molecule has 0 aliphatic carbocycles. The van der Waals surface area contributed by atoms with Crippen LogP contribution in [0.15, 0.2) is 53.8 Å². The van der Waals surface area contributed by atoms with Crippen LogP contribution in [0.5, 0.6) is 0 Å². The van der Waals surface area contributed by atoms with Crippen molar-refractivity contribution in [3.8, 4) is 11.4 Å². The number of guanidine groups is 1. The van der Waals surface area contributed by atoms with Crippen LogP contribution in [0.3, 0.4) is 0 Å². The van der Waals surface area contributed by atoms with Crippen molar-refractivity contribution in [2.45, 2.75) is 13.0 Å². The molecule has 0 saturated carbocycles. The normalized spacial score (nSPS) is 11.0. The number of aromatic amines is 1. The van der Waals surface area contributed by atoms with E-state index in [0.717, 1.165) is 23.3 Å². The lowest BCUT2D eigenvalue weighted by atomic mass is 10.1. The summed E-state index contributed by atoms with van der Waals surface area (Å²) >= 11 is 0. The topological polar surface area (TPSA) is 78.0 Å². The maximum absolute atomic E-state index is 13.6. The molecule has 0 aliphatic heterocycles. The molecule has 0 fully saturated rings. The molecule has 0 spiro atoms. The second-order valence-electron chi connectivity index (χ2n) is 5.87. The summed E-state index contributed by atoms with van der Waals surface area (Å²) in [4.78, 5) is 8.29. The van der Waals surface area contributed by atoms with Gasteiger partial charge in [-0.25, -0.2) is 13.8 Å². The van der Waals surface area contributed by atoms with E-state index in [1.54, 1.807) is 7.05 Å². The first-order valence-corrected chi connectivity index (χ1v) is 8.49. The fourth-order valence-corrected chi connectivity index (χ4v) is 2.63. The van der Waals surface area contributed by atoms with Crippen molar-refractivity contribution in [3.05, 3.63) is 71.6 Å². The molecule has 0 amide bonds. The number of nitrogens with one attached hydrogen (secondary N) is 3. The number of halogens is 3. The Morgan fingerprint density at radius 1 is 1.14 bits per heavy atom. The zero-order valence-electron chi connectivity index (χ0n) is 15.2. The maximum atomic E-state index is 13.6. The lowest BCUT2D eigenvalue weighted by Crippen LogP contribution is -2.37. The SMILES string of the molecule is CN=C(NCCc1cc(F)ccc1F)NCc1cccc(-c2ncn[nH]2)c1.I. The number of hydrogen-bond donors (Lipinski definition) is 3. The van der Waals surface area contributed by atoms with Crippen molar-refractivity contribution < 1.29 is 8.78 Å². The zero-order valence-corrected chi connectivity index (χ0v) is 17.6. The third-order valence-corrected chi connectivity index (χ3v) is 3.99. The number of aromatic nitrogens is 3. The van der Waals surface area contributed by atoms with E-state index in [1.807, 2.05) is 24.3 Å². The molecule has 148 valence electrons. The number of benzene rings is 2.